The summed E-state index contributed by atoms with van der Waals surface area (Å²) in [4.78, 5) is 10.9. The summed E-state index contributed by atoms with van der Waals surface area (Å²) in [7, 11) is -1.49. The van der Waals surface area contributed by atoms with Crippen LogP contribution >= 0.6 is 0 Å². The van der Waals surface area contributed by atoms with Crippen LogP contribution in [0.25, 0.3) is 0 Å². The Kier molecular flexibility index (Phi) is 3.44. The summed E-state index contributed by atoms with van der Waals surface area (Å²) in [6.45, 7) is 3.31. The van der Waals surface area contributed by atoms with Gasteiger partial charge >= 0.3 is 7.12 Å². The first-order valence-corrected chi connectivity index (χ1v) is 4.03. The summed E-state index contributed by atoms with van der Waals surface area (Å²) in [6.07, 6.45) is 1.16. The third-order valence-electron chi connectivity index (χ3n) is 1.66. The van der Waals surface area contributed by atoms with Gasteiger partial charge in [0.25, 0.3) is 0 Å². The lowest BCUT2D eigenvalue weighted by atomic mass is 9.80. The Morgan fingerprint density at radius 3 is 2.36 bits per heavy atom. The largest absolute Gasteiger partial charge is 0.488 e. The molecule has 1 rings (SSSR count). The Balaban J connectivity index is 2.73. The van der Waals surface area contributed by atoms with Crippen LogP contribution in [-0.4, -0.2) is 23.1 Å². The summed E-state index contributed by atoms with van der Waals surface area (Å²) in [5, 5.41) is 20.1. The number of rotatable bonds is 3. The molecule has 0 aliphatic carbocycles. The maximum atomic E-state index is 10.9. The Morgan fingerprint density at radius 1 is 1.36 bits per heavy atom. The second kappa shape index (κ2) is 4.60. The van der Waals surface area contributed by atoms with E-state index in [-0.39, 0.29) is 5.91 Å². The minimum Gasteiger partial charge on any atom is -0.423 e. The van der Waals surface area contributed by atoms with E-state index in [0.29, 0.717) is 11.2 Å². The van der Waals surface area contributed by atoms with Gasteiger partial charge in [-0.1, -0.05) is 18.7 Å². The Hall–Kier alpha value is -1.59. The monoisotopic (exact) mass is 191 g/mol. The molecule has 0 aliphatic rings. The third kappa shape index (κ3) is 2.72. The molecule has 0 unspecified atom stereocenters. The molecule has 1 aromatic carbocycles. The molecule has 5 heteroatoms. The SMILES string of the molecule is C=CC(=O)Nc1ccc(B(O)O)cc1. The van der Waals surface area contributed by atoms with Gasteiger partial charge in [-0.2, -0.15) is 0 Å². The Labute approximate surface area is 82.0 Å². The van der Waals surface area contributed by atoms with Crippen LogP contribution < -0.4 is 10.8 Å². The fraction of sp³-hybridized carbons (Fsp3) is 0. The zero-order chi connectivity index (χ0) is 10.6. The maximum absolute atomic E-state index is 10.9. The molecule has 0 radical (unpaired) electrons. The third-order valence-corrected chi connectivity index (χ3v) is 1.66. The lowest BCUT2D eigenvalue weighted by Crippen LogP contribution is -2.29. The van der Waals surface area contributed by atoms with Crippen molar-refractivity contribution in [2.75, 3.05) is 5.32 Å². The van der Waals surface area contributed by atoms with Crippen LogP contribution in [0.3, 0.4) is 0 Å². The summed E-state index contributed by atoms with van der Waals surface area (Å²) in [5.74, 6) is -0.303. The summed E-state index contributed by atoms with van der Waals surface area (Å²) in [6, 6.07) is 6.19. The molecular weight excluding hydrogens is 181 g/mol. The van der Waals surface area contributed by atoms with Crippen molar-refractivity contribution < 1.29 is 14.8 Å². The average molecular weight is 191 g/mol. The lowest BCUT2D eigenvalue weighted by Gasteiger charge is -2.03. The average Bonchev–Trinajstić information content (AvgIpc) is 2.18. The number of benzene rings is 1. The number of anilines is 1. The molecule has 1 amide bonds. The molecule has 14 heavy (non-hydrogen) atoms. The van der Waals surface area contributed by atoms with Crippen molar-refractivity contribution in [2.24, 2.45) is 0 Å². The topological polar surface area (TPSA) is 69.6 Å². The molecule has 0 aliphatic heterocycles. The Morgan fingerprint density at radius 2 is 1.93 bits per heavy atom. The fourth-order valence-electron chi connectivity index (χ4n) is 0.932. The fourth-order valence-corrected chi connectivity index (χ4v) is 0.932. The molecule has 0 bridgehead atoms. The summed E-state index contributed by atoms with van der Waals surface area (Å²) in [5.41, 5.74) is 0.959. The van der Waals surface area contributed by atoms with Gasteiger partial charge in [-0.25, -0.2) is 0 Å². The van der Waals surface area contributed by atoms with Gasteiger partial charge < -0.3 is 15.4 Å². The van der Waals surface area contributed by atoms with Gasteiger partial charge in [0.1, 0.15) is 0 Å². The summed E-state index contributed by atoms with van der Waals surface area (Å²) < 4.78 is 0. The Bertz CT molecular complexity index is 334. The first kappa shape index (κ1) is 10.5. The van der Waals surface area contributed by atoms with Gasteiger partial charge in [0.2, 0.25) is 5.91 Å². The van der Waals surface area contributed by atoms with E-state index < -0.39 is 7.12 Å². The van der Waals surface area contributed by atoms with Crippen molar-refractivity contribution in [3.05, 3.63) is 36.9 Å². The van der Waals surface area contributed by atoms with Gasteiger partial charge in [0.05, 0.1) is 0 Å². The van der Waals surface area contributed by atoms with E-state index in [1.165, 1.54) is 12.1 Å². The van der Waals surface area contributed by atoms with Crippen molar-refractivity contribution in [1.82, 2.24) is 0 Å². The first-order valence-electron chi connectivity index (χ1n) is 4.03. The number of nitrogens with one attached hydrogen (secondary N) is 1. The quantitative estimate of drug-likeness (QED) is 0.445. The predicted octanol–water partition coefficient (Wildman–Crippen LogP) is -0.509. The second-order valence-corrected chi connectivity index (χ2v) is 2.69. The second-order valence-electron chi connectivity index (χ2n) is 2.69. The molecule has 0 fully saturated rings. The zero-order valence-electron chi connectivity index (χ0n) is 7.47. The molecule has 4 nitrogen and oxygen atoms in total. The van der Waals surface area contributed by atoms with Crippen molar-refractivity contribution in [2.45, 2.75) is 0 Å². The van der Waals surface area contributed by atoms with Gasteiger partial charge in [0, 0.05) is 5.69 Å². The summed E-state index contributed by atoms with van der Waals surface area (Å²) >= 11 is 0. The lowest BCUT2D eigenvalue weighted by molar-refractivity contribution is -0.111. The molecule has 1 aromatic rings. The van der Waals surface area contributed by atoms with Crippen molar-refractivity contribution >= 4 is 24.2 Å². The van der Waals surface area contributed by atoms with E-state index in [0.717, 1.165) is 6.08 Å². The number of carbonyl (C=O) groups is 1. The van der Waals surface area contributed by atoms with Gasteiger partial charge in [-0.05, 0) is 23.7 Å². The van der Waals surface area contributed by atoms with Gasteiger partial charge in [-0.3, -0.25) is 4.79 Å². The smallest absolute Gasteiger partial charge is 0.423 e. The minimum atomic E-state index is -1.49. The van der Waals surface area contributed by atoms with E-state index in [9.17, 15) is 4.79 Å². The highest BCUT2D eigenvalue weighted by Gasteiger charge is 2.09. The van der Waals surface area contributed by atoms with Crippen LogP contribution in [0.2, 0.25) is 0 Å². The molecular formula is C9H10BNO3. The van der Waals surface area contributed by atoms with Crippen LogP contribution in [0.5, 0.6) is 0 Å². The molecule has 0 spiro atoms. The zero-order valence-corrected chi connectivity index (χ0v) is 7.47. The number of hydrogen-bond donors (Lipinski definition) is 3. The minimum absolute atomic E-state index is 0.303. The van der Waals surface area contributed by atoms with Crippen LogP contribution in [0.15, 0.2) is 36.9 Å². The first-order chi connectivity index (χ1) is 6.63. The van der Waals surface area contributed by atoms with Crippen molar-refractivity contribution in [1.29, 1.82) is 0 Å². The van der Waals surface area contributed by atoms with E-state index in [2.05, 4.69) is 11.9 Å². The van der Waals surface area contributed by atoms with Gasteiger partial charge in [-0.15, -0.1) is 0 Å². The molecule has 0 atom stereocenters. The van der Waals surface area contributed by atoms with Crippen LogP contribution in [0, 0.1) is 0 Å². The van der Waals surface area contributed by atoms with Crippen LogP contribution in [0.1, 0.15) is 0 Å². The number of hydrogen-bond acceptors (Lipinski definition) is 3. The molecule has 0 heterocycles. The van der Waals surface area contributed by atoms with Crippen molar-refractivity contribution in [3.8, 4) is 0 Å². The highest BCUT2D eigenvalue weighted by molar-refractivity contribution is 6.58. The van der Waals surface area contributed by atoms with E-state index in [1.54, 1.807) is 12.1 Å². The molecule has 0 saturated heterocycles. The van der Waals surface area contributed by atoms with Crippen LogP contribution in [-0.2, 0) is 4.79 Å². The number of amides is 1. The van der Waals surface area contributed by atoms with E-state index in [1.807, 2.05) is 0 Å². The van der Waals surface area contributed by atoms with E-state index >= 15 is 0 Å². The highest BCUT2D eigenvalue weighted by atomic mass is 16.4. The molecule has 72 valence electrons. The van der Waals surface area contributed by atoms with Crippen LogP contribution in [0.4, 0.5) is 5.69 Å². The highest BCUT2D eigenvalue weighted by Crippen LogP contribution is 2.03. The normalized spacial score (nSPS) is 9.29. The van der Waals surface area contributed by atoms with Crippen molar-refractivity contribution in [3.63, 3.8) is 0 Å². The molecule has 0 aromatic heterocycles. The number of carbonyl (C=O) groups excluding carboxylic acids is 1. The molecule has 0 saturated carbocycles. The maximum Gasteiger partial charge on any atom is 0.488 e. The van der Waals surface area contributed by atoms with Gasteiger partial charge in [0.15, 0.2) is 0 Å². The standard InChI is InChI=1S/C9H10BNO3/c1-2-9(12)11-8-5-3-7(4-6-8)10(13)14/h2-6,13-14H,1H2,(H,11,12). The predicted molar refractivity (Wildman–Crippen MR) is 55.1 cm³/mol. The van der Waals surface area contributed by atoms with E-state index in [4.69, 9.17) is 10.0 Å². The molecule has 3 N–H and O–H groups in total.